The Hall–Kier alpha value is -0.730. The molecule has 17 heavy (non-hydrogen) atoms. The molecule has 0 radical (unpaired) electrons. The van der Waals surface area contributed by atoms with Crippen LogP contribution in [0.25, 0.3) is 0 Å². The lowest BCUT2D eigenvalue weighted by molar-refractivity contribution is 0.0976. The van der Waals surface area contributed by atoms with E-state index in [1.54, 1.807) is 19.2 Å². The topological polar surface area (TPSA) is 50.4 Å². The molecule has 0 aliphatic rings. The first-order chi connectivity index (χ1) is 8.13. The lowest BCUT2D eigenvalue weighted by Gasteiger charge is -2.09. The van der Waals surface area contributed by atoms with E-state index in [4.69, 9.17) is 17.0 Å². The fourth-order valence-corrected chi connectivity index (χ4v) is 1.85. The number of hydrogen-bond acceptors (Lipinski definition) is 3. The molecule has 0 saturated heterocycles. The Morgan fingerprint density at radius 3 is 2.94 bits per heavy atom. The van der Waals surface area contributed by atoms with Gasteiger partial charge in [0.15, 0.2) is 5.11 Å². The van der Waals surface area contributed by atoms with Crippen LogP contribution in [0.4, 0.5) is 0 Å². The van der Waals surface area contributed by atoms with Crippen LogP contribution in [0, 0.1) is 3.57 Å². The molecule has 1 rings (SSSR count). The Bertz CT molecular complexity index is 412. The van der Waals surface area contributed by atoms with E-state index in [0.29, 0.717) is 23.8 Å². The predicted molar refractivity (Wildman–Crippen MR) is 79.1 cm³/mol. The van der Waals surface area contributed by atoms with E-state index in [0.717, 1.165) is 3.57 Å². The fraction of sp³-hybridized carbons (Fsp3) is 0.273. The van der Waals surface area contributed by atoms with Crippen molar-refractivity contribution in [1.82, 2.24) is 10.6 Å². The zero-order chi connectivity index (χ0) is 12.7. The maximum absolute atomic E-state index is 11.8. The maximum atomic E-state index is 11.8. The van der Waals surface area contributed by atoms with Gasteiger partial charge in [0.1, 0.15) is 0 Å². The smallest absolute Gasteiger partial charge is 0.257 e. The second-order valence-corrected chi connectivity index (χ2v) is 4.87. The minimum absolute atomic E-state index is 0.210. The van der Waals surface area contributed by atoms with Crippen molar-refractivity contribution in [3.8, 4) is 0 Å². The van der Waals surface area contributed by atoms with Crippen LogP contribution in [0.2, 0.25) is 0 Å². The zero-order valence-electron chi connectivity index (χ0n) is 9.33. The zero-order valence-corrected chi connectivity index (χ0v) is 12.3. The van der Waals surface area contributed by atoms with Gasteiger partial charge in [-0.05, 0) is 53.0 Å². The number of thiocarbonyl (C=S) groups is 1. The third-order valence-electron chi connectivity index (χ3n) is 1.91. The summed E-state index contributed by atoms with van der Waals surface area (Å²) in [6, 6.07) is 7.30. The monoisotopic (exact) mass is 364 g/mol. The molecule has 0 aromatic heterocycles. The molecule has 1 aromatic carbocycles. The molecular weight excluding hydrogens is 351 g/mol. The van der Waals surface area contributed by atoms with Crippen molar-refractivity contribution in [3.63, 3.8) is 0 Å². The highest BCUT2D eigenvalue weighted by Gasteiger charge is 2.07. The van der Waals surface area contributed by atoms with Crippen molar-refractivity contribution in [2.45, 2.75) is 0 Å². The minimum atomic E-state index is -0.210. The number of carbonyl (C=O) groups excluding carboxylic acids is 1. The number of ether oxygens (including phenoxy) is 1. The standard InChI is InChI=1S/C11H13IN2O2S/c1-16-6-5-13-11(17)14-10(15)8-3-2-4-9(12)7-8/h2-4,7H,5-6H2,1H3,(H2,13,14,15,17). The number of benzene rings is 1. The van der Waals surface area contributed by atoms with E-state index in [9.17, 15) is 4.79 Å². The van der Waals surface area contributed by atoms with Crippen molar-refractivity contribution in [1.29, 1.82) is 0 Å². The molecule has 0 fully saturated rings. The average molecular weight is 364 g/mol. The van der Waals surface area contributed by atoms with Crippen LogP contribution in [0.1, 0.15) is 10.4 Å². The van der Waals surface area contributed by atoms with Crippen molar-refractivity contribution in [2.24, 2.45) is 0 Å². The highest BCUT2D eigenvalue weighted by Crippen LogP contribution is 2.07. The number of carbonyl (C=O) groups is 1. The van der Waals surface area contributed by atoms with Gasteiger partial charge in [-0.25, -0.2) is 0 Å². The van der Waals surface area contributed by atoms with Gasteiger partial charge in [0.2, 0.25) is 0 Å². The summed E-state index contributed by atoms with van der Waals surface area (Å²) in [6.07, 6.45) is 0. The second-order valence-electron chi connectivity index (χ2n) is 3.21. The van der Waals surface area contributed by atoms with Gasteiger partial charge < -0.3 is 10.1 Å². The second kappa shape index (κ2) is 7.57. The van der Waals surface area contributed by atoms with Crippen LogP contribution in [0.5, 0.6) is 0 Å². The van der Waals surface area contributed by atoms with Crippen LogP contribution >= 0.6 is 34.8 Å². The number of nitrogens with one attached hydrogen (secondary N) is 2. The molecule has 0 atom stereocenters. The molecule has 1 amide bonds. The van der Waals surface area contributed by atoms with Crippen LogP contribution in [-0.4, -0.2) is 31.3 Å². The third-order valence-corrected chi connectivity index (χ3v) is 2.82. The molecule has 0 aliphatic heterocycles. The van der Waals surface area contributed by atoms with Gasteiger partial charge in [-0.15, -0.1) is 0 Å². The number of halogens is 1. The predicted octanol–water partition coefficient (Wildman–Crippen LogP) is 1.54. The van der Waals surface area contributed by atoms with E-state index >= 15 is 0 Å². The lowest BCUT2D eigenvalue weighted by atomic mass is 10.2. The van der Waals surface area contributed by atoms with E-state index in [1.807, 2.05) is 12.1 Å². The van der Waals surface area contributed by atoms with E-state index < -0.39 is 0 Å². The fourth-order valence-electron chi connectivity index (χ4n) is 1.12. The quantitative estimate of drug-likeness (QED) is 0.484. The average Bonchev–Trinajstić information content (AvgIpc) is 2.29. The Balaban J connectivity index is 2.46. The Morgan fingerprint density at radius 2 is 2.29 bits per heavy atom. The summed E-state index contributed by atoms with van der Waals surface area (Å²) in [5, 5.41) is 5.79. The number of rotatable bonds is 4. The molecule has 0 heterocycles. The number of methoxy groups -OCH3 is 1. The Morgan fingerprint density at radius 1 is 1.53 bits per heavy atom. The van der Waals surface area contributed by atoms with E-state index in [2.05, 4.69) is 33.2 Å². The number of amides is 1. The largest absolute Gasteiger partial charge is 0.383 e. The molecule has 0 saturated carbocycles. The molecule has 0 unspecified atom stereocenters. The van der Waals surface area contributed by atoms with Crippen LogP contribution in [0.3, 0.4) is 0 Å². The van der Waals surface area contributed by atoms with Gasteiger partial charge >= 0.3 is 0 Å². The molecule has 92 valence electrons. The molecular formula is C11H13IN2O2S. The Kier molecular flexibility index (Phi) is 6.38. The Labute approximate surface area is 119 Å². The maximum Gasteiger partial charge on any atom is 0.257 e. The van der Waals surface area contributed by atoms with Crippen molar-refractivity contribution in [2.75, 3.05) is 20.3 Å². The molecule has 0 spiro atoms. The molecule has 1 aromatic rings. The summed E-state index contributed by atoms with van der Waals surface area (Å²) in [4.78, 5) is 11.8. The summed E-state index contributed by atoms with van der Waals surface area (Å²) < 4.78 is 5.87. The molecule has 0 bridgehead atoms. The van der Waals surface area contributed by atoms with Gasteiger partial charge in [0, 0.05) is 22.8 Å². The van der Waals surface area contributed by atoms with Crippen LogP contribution < -0.4 is 10.6 Å². The molecule has 6 heteroatoms. The van der Waals surface area contributed by atoms with Crippen molar-refractivity contribution >= 4 is 45.8 Å². The highest BCUT2D eigenvalue weighted by atomic mass is 127. The van der Waals surface area contributed by atoms with Crippen molar-refractivity contribution < 1.29 is 9.53 Å². The lowest BCUT2D eigenvalue weighted by Crippen LogP contribution is -2.40. The van der Waals surface area contributed by atoms with Crippen LogP contribution in [0.15, 0.2) is 24.3 Å². The number of hydrogen-bond donors (Lipinski definition) is 2. The first kappa shape index (κ1) is 14.3. The highest BCUT2D eigenvalue weighted by molar-refractivity contribution is 14.1. The van der Waals surface area contributed by atoms with Gasteiger partial charge in [0.05, 0.1) is 6.61 Å². The van der Waals surface area contributed by atoms with Gasteiger partial charge in [0.25, 0.3) is 5.91 Å². The van der Waals surface area contributed by atoms with Crippen LogP contribution in [-0.2, 0) is 4.74 Å². The van der Waals surface area contributed by atoms with Gasteiger partial charge in [-0.1, -0.05) is 6.07 Å². The molecule has 4 nitrogen and oxygen atoms in total. The summed E-state index contributed by atoms with van der Waals surface area (Å²) in [5.74, 6) is -0.210. The summed E-state index contributed by atoms with van der Waals surface area (Å²) in [5.41, 5.74) is 0.591. The summed E-state index contributed by atoms with van der Waals surface area (Å²) in [7, 11) is 1.61. The molecule has 2 N–H and O–H groups in total. The summed E-state index contributed by atoms with van der Waals surface area (Å²) in [6.45, 7) is 1.11. The van der Waals surface area contributed by atoms with Gasteiger partial charge in [-0.2, -0.15) is 0 Å². The first-order valence-electron chi connectivity index (χ1n) is 4.97. The summed E-state index contributed by atoms with van der Waals surface area (Å²) >= 11 is 7.13. The van der Waals surface area contributed by atoms with Gasteiger partial charge in [-0.3, -0.25) is 10.1 Å². The SMILES string of the molecule is COCCNC(=S)NC(=O)c1cccc(I)c1. The first-order valence-corrected chi connectivity index (χ1v) is 6.46. The van der Waals surface area contributed by atoms with Crippen molar-refractivity contribution in [3.05, 3.63) is 33.4 Å². The minimum Gasteiger partial charge on any atom is -0.383 e. The molecule has 0 aliphatic carbocycles. The van der Waals surface area contributed by atoms with E-state index in [1.165, 1.54) is 0 Å². The van der Waals surface area contributed by atoms with E-state index in [-0.39, 0.29) is 5.91 Å². The normalized spacial score (nSPS) is 9.76. The third kappa shape index (κ3) is 5.42.